The van der Waals surface area contributed by atoms with Crippen LogP contribution in [0.2, 0.25) is 5.02 Å². The molecule has 26 heavy (non-hydrogen) atoms. The van der Waals surface area contributed by atoms with E-state index in [2.05, 4.69) is 5.32 Å². The number of carbonyl (C=O) groups excluding carboxylic acids is 2. The Bertz CT molecular complexity index is 683. The first-order valence-corrected chi connectivity index (χ1v) is 9.02. The number of ketones is 1. The lowest BCUT2D eigenvalue weighted by molar-refractivity contribution is 0.0503. The summed E-state index contributed by atoms with van der Waals surface area (Å²) in [7, 11) is 1.47. The number of halogens is 1. The number of alkyl carbamates (subject to hydrolysis) is 1. The van der Waals surface area contributed by atoms with Crippen LogP contribution in [0.4, 0.5) is 4.79 Å². The normalized spacial score (nSPS) is 19.8. The quantitative estimate of drug-likeness (QED) is 0.764. The summed E-state index contributed by atoms with van der Waals surface area (Å²) in [5, 5.41) is 3.23. The number of hydrogen-bond donors (Lipinski definition) is 1. The van der Waals surface area contributed by atoms with E-state index in [0.29, 0.717) is 28.5 Å². The Kier molecular flexibility index (Phi) is 6.39. The molecule has 0 heterocycles. The maximum absolute atomic E-state index is 12.0. The molecule has 1 fully saturated rings. The van der Waals surface area contributed by atoms with Crippen molar-refractivity contribution < 1.29 is 23.8 Å². The highest BCUT2D eigenvalue weighted by molar-refractivity contribution is 6.32. The molecule has 1 aliphatic rings. The molecule has 0 bridgehead atoms. The monoisotopic (exact) mass is 383 g/mol. The lowest BCUT2D eigenvalue weighted by Gasteiger charge is -2.22. The van der Waals surface area contributed by atoms with E-state index < -0.39 is 11.7 Å². The van der Waals surface area contributed by atoms with Crippen molar-refractivity contribution in [2.24, 2.45) is 0 Å². The summed E-state index contributed by atoms with van der Waals surface area (Å²) < 4.78 is 16.6. The third kappa shape index (κ3) is 5.27. The van der Waals surface area contributed by atoms with Gasteiger partial charge in [0.05, 0.1) is 12.1 Å². The molecule has 1 N–H and O–H groups in total. The van der Waals surface area contributed by atoms with Gasteiger partial charge in [-0.1, -0.05) is 11.6 Å². The van der Waals surface area contributed by atoms with E-state index in [4.69, 9.17) is 25.8 Å². The van der Waals surface area contributed by atoms with Crippen LogP contribution in [0.3, 0.4) is 0 Å². The molecule has 0 spiro atoms. The minimum Gasteiger partial charge on any atom is -0.494 e. The van der Waals surface area contributed by atoms with Crippen LogP contribution in [0.5, 0.6) is 11.5 Å². The Morgan fingerprint density at radius 3 is 2.50 bits per heavy atom. The van der Waals surface area contributed by atoms with Gasteiger partial charge >= 0.3 is 6.09 Å². The first-order chi connectivity index (χ1) is 12.1. The van der Waals surface area contributed by atoms with Crippen molar-refractivity contribution in [2.45, 2.75) is 64.7 Å². The second kappa shape index (κ2) is 8.16. The van der Waals surface area contributed by atoms with Crippen molar-refractivity contribution in [3.8, 4) is 11.5 Å². The van der Waals surface area contributed by atoms with Crippen molar-refractivity contribution in [3.05, 3.63) is 22.7 Å². The molecule has 2 atom stereocenters. The van der Waals surface area contributed by atoms with Gasteiger partial charge in [-0.3, -0.25) is 4.79 Å². The second-order valence-electron chi connectivity index (χ2n) is 7.41. The number of ether oxygens (including phenoxy) is 3. The van der Waals surface area contributed by atoms with E-state index in [9.17, 15) is 9.59 Å². The molecule has 1 aromatic rings. The summed E-state index contributed by atoms with van der Waals surface area (Å²) in [5.41, 5.74) is -0.196. The largest absolute Gasteiger partial charge is 0.494 e. The molecule has 0 unspecified atom stereocenters. The summed E-state index contributed by atoms with van der Waals surface area (Å²) in [5.74, 6) is 0.584. The fourth-order valence-electron chi connectivity index (χ4n) is 3.00. The predicted molar refractivity (Wildman–Crippen MR) is 99.4 cm³/mol. The number of amides is 1. The number of benzene rings is 1. The maximum Gasteiger partial charge on any atom is 0.407 e. The van der Waals surface area contributed by atoms with Gasteiger partial charge in [-0.2, -0.15) is 0 Å². The molecule has 2 rings (SSSR count). The van der Waals surface area contributed by atoms with E-state index in [-0.39, 0.29) is 17.9 Å². The van der Waals surface area contributed by atoms with Crippen molar-refractivity contribution in [1.82, 2.24) is 5.32 Å². The Labute approximate surface area is 159 Å². The molecule has 0 radical (unpaired) electrons. The summed E-state index contributed by atoms with van der Waals surface area (Å²) in [6.45, 7) is 6.92. The van der Waals surface area contributed by atoms with Gasteiger partial charge in [0.25, 0.3) is 0 Å². The number of methoxy groups -OCH3 is 1. The van der Waals surface area contributed by atoms with Crippen LogP contribution in [0, 0.1) is 0 Å². The van der Waals surface area contributed by atoms with E-state index in [1.165, 1.54) is 14.0 Å². The SMILES string of the molecule is COc1c(Cl)ccc(O[C@@H]2CC[C@H](NC(=O)OC(C)(C)C)C2)c1C(C)=O. The summed E-state index contributed by atoms with van der Waals surface area (Å²) in [6.07, 6.45) is 1.65. The standard InChI is InChI=1S/C19H26ClNO5/c1-11(22)16-15(9-8-14(20)17(16)24-5)25-13-7-6-12(10-13)21-18(23)26-19(2,3)4/h8-9,12-13H,6-7,10H2,1-5H3,(H,21,23)/t12-,13+/m0/s1. The predicted octanol–water partition coefficient (Wildman–Crippen LogP) is 4.38. The van der Waals surface area contributed by atoms with E-state index in [0.717, 1.165) is 12.8 Å². The minimum atomic E-state index is -0.533. The average molecular weight is 384 g/mol. The van der Waals surface area contributed by atoms with Gasteiger partial charge in [-0.25, -0.2) is 4.79 Å². The maximum atomic E-state index is 12.0. The summed E-state index contributed by atoms with van der Waals surface area (Å²) in [4.78, 5) is 23.9. The second-order valence-corrected chi connectivity index (χ2v) is 7.81. The first-order valence-electron chi connectivity index (χ1n) is 8.64. The Hall–Kier alpha value is -1.95. The fraction of sp³-hybridized carbons (Fsp3) is 0.579. The van der Waals surface area contributed by atoms with Crippen LogP contribution < -0.4 is 14.8 Å². The number of nitrogens with one attached hydrogen (secondary N) is 1. The summed E-state index contributed by atoms with van der Waals surface area (Å²) in [6, 6.07) is 3.30. The zero-order valence-corrected chi connectivity index (χ0v) is 16.6. The molecule has 1 aliphatic carbocycles. The zero-order chi connectivity index (χ0) is 19.5. The fourth-order valence-corrected chi connectivity index (χ4v) is 3.24. The Balaban J connectivity index is 2.03. The number of rotatable bonds is 5. The summed E-state index contributed by atoms with van der Waals surface area (Å²) >= 11 is 6.10. The minimum absolute atomic E-state index is 0.0233. The molecular formula is C19H26ClNO5. The Morgan fingerprint density at radius 2 is 1.92 bits per heavy atom. The van der Waals surface area contributed by atoms with Gasteiger partial charge in [0.2, 0.25) is 0 Å². The van der Waals surface area contributed by atoms with E-state index in [1.807, 2.05) is 20.8 Å². The van der Waals surface area contributed by atoms with Gasteiger partial charge in [0.15, 0.2) is 11.5 Å². The van der Waals surface area contributed by atoms with Crippen molar-refractivity contribution in [1.29, 1.82) is 0 Å². The van der Waals surface area contributed by atoms with Crippen molar-refractivity contribution in [2.75, 3.05) is 7.11 Å². The third-order valence-electron chi connectivity index (χ3n) is 4.03. The van der Waals surface area contributed by atoms with Crippen molar-refractivity contribution >= 4 is 23.5 Å². The van der Waals surface area contributed by atoms with Gasteiger partial charge in [0, 0.05) is 12.5 Å². The van der Waals surface area contributed by atoms with Crippen LogP contribution in [0.1, 0.15) is 57.3 Å². The van der Waals surface area contributed by atoms with Crippen molar-refractivity contribution in [3.63, 3.8) is 0 Å². The van der Waals surface area contributed by atoms with Crippen LogP contribution in [-0.2, 0) is 4.74 Å². The lowest BCUT2D eigenvalue weighted by Crippen LogP contribution is -2.38. The molecule has 1 amide bonds. The van der Waals surface area contributed by atoms with Crippen LogP contribution >= 0.6 is 11.6 Å². The zero-order valence-electron chi connectivity index (χ0n) is 15.8. The van der Waals surface area contributed by atoms with E-state index >= 15 is 0 Å². The molecule has 7 heteroatoms. The molecule has 0 aliphatic heterocycles. The highest BCUT2D eigenvalue weighted by Gasteiger charge is 2.30. The molecule has 144 valence electrons. The van der Waals surface area contributed by atoms with Crippen LogP contribution in [0.25, 0.3) is 0 Å². The molecule has 1 aromatic carbocycles. The molecule has 1 saturated carbocycles. The van der Waals surface area contributed by atoms with Gasteiger partial charge in [-0.15, -0.1) is 0 Å². The first kappa shape index (κ1) is 20.4. The molecule has 0 saturated heterocycles. The molecule has 0 aromatic heterocycles. The molecular weight excluding hydrogens is 358 g/mol. The lowest BCUT2D eigenvalue weighted by atomic mass is 10.1. The van der Waals surface area contributed by atoms with Crippen LogP contribution in [0.15, 0.2) is 12.1 Å². The number of hydrogen-bond acceptors (Lipinski definition) is 5. The number of carbonyl (C=O) groups is 2. The number of Topliss-reactive ketones (excluding diaryl/α,β-unsaturated/α-hetero) is 1. The van der Waals surface area contributed by atoms with Gasteiger partial charge in [0.1, 0.15) is 23.0 Å². The topological polar surface area (TPSA) is 73.9 Å². The van der Waals surface area contributed by atoms with Gasteiger partial charge < -0.3 is 19.5 Å². The van der Waals surface area contributed by atoms with E-state index in [1.54, 1.807) is 12.1 Å². The average Bonchev–Trinajstić information content (AvgIpc) is 2.93. The highest BCUT2D eigenvalue weighted by atomic mass is 35.5. The Morgan fingerprint density at radius 1 is 1.23 bits per heavy atom. The third-order valence-corrected chi connectivity index (χ3v) is 4.32. The van der Waals surface area contributed by atoms with Crippen LogP contribution in [-0.4, -0.2) is 36.7 Å². The van der Waals surface area contributed by atoms with Gasteiger partial charge in [-0.05, 0) is 52.7 Å². The highest BCUT2D eigenvalue weighted by Crippen LogP contribution is 2.37. The smallest absolute Gasteiger partial charge is 0.407 e. The molecule has 6 nitrogen and oxygen atoms in total.